The van der Waals surface area contributed by atoms with Crippen LogP contribution in [0.25, 0.3) is 6.08 Å². The minimum Gasteiger partial charge on any atom is -0.349 e. The summed E-state index contributed by atoms with van der Waals surface area (Å²) >= 11 is 0. The average molecular weight is 448 g/mol. The number of amides is 2. The maximum Gasteiger partial charge on any atom is 0.251 e. The highest BCUT2D eigenvalue weighted by atomic mass is 32.2. The number of aromatic nitrogens is 1. The molecule has 0 unspecified atom stereocenters. The molecule has 0 saturated heterocycles. The van der Waals surface area contributed by atoms with Gasteiger partial charge in [-0.1, -0.05) is 12.1 Å². The molecule has 162 valence electrons. The van der Waals surface area contributed by atoms with Crippen molar-refractivity contribution in [3.8, 4) is 0 Å². The monoisotopic (exact) mass is 447 g/mol. The molecule has 1 aliphatic carbocycles. The summed E-state index contributed by atoms with van der Waals surface area (Å²) in [6.07, 6.45) is 8.19. The van der Waals surface area contributed by atoms with E-state index >= 15 is 0 Å². The van der Waals surface area contributed by atoms with Crippen LogP contribution in [0.5, 0.6) is 0 Å². The minimum absolute atomic E-state index is 0.0390. The number of sulfone groups is 1. The number of carbonyl (C=O) groups excluding carboxylic acids is 2. The van der Waals surface area contributed by atoms with Gasteiger partial charge in [0.05, 0.1) is 9.79 Å². The van der Waals surface area contributed by atoms with Crippen molar-refractivity contribution < 1.29 is 18.0 Å². The molecule has 0 spiro atoms. The summed E-state index contributed by atoms with van der Waals surface area (Å²) < 4.78 is 26.0. The van der Waals surface area contributed by atoms with Gasteiger partial charge in [-0.25, -0.2) is 8.42 Å². The van der Waals surface area contributed by atoms with Gasteiger partial charge in [0.15, 0.2) is 0 Å². The lowest BCUT2D eigenvalue weighted by Gasteiger charge is -2.09. The zero-order valence-electron chi connectivity index (χ0n) is 17.1. The number of hydrogen-bond acceptors (Lipinski definition) is 5. The first kappa shape index (κ1) is 21.5. The van der Waals surface area contributed by atoms with E-state index in [9.17, 15) is 18.0 Å². The molecule has 4 rings (SSSR count). The molecule has 8 heteroatoms. The number of carbonyl (C=O) groups is 2. The predicted octanol–water partition coefficient (Wildman–Crippen LogP) is 3.46. The summed E-state index contributed by atoms with van der Waals surface area (Å²) in [7, 11) is -3.81. The molecule has 1 heterocycles. The number of rotatable bonds is 7. The van der Waals surface area contributed by atoms with E-state index in [-0.39, 0.29) is 27.6 Å². The van der Waals surface area contributed by atoms with Crippen LogP contribution in [-0.2, 0) is 14.6 Å². The van der Waals surface area contributed by atoms with Gasteiger partial charge in [-0.15, -0.1) is 0 Å². The van der Waals surface area contributed by atoms with Crippen molar-refractivity contribution in [2.45, 2.75) is 28.7 Å². The van der Waals surface area contributed by atoms with Gasteiger partial charge >= 0.3 is 0 Å². The van der Waals surface area contributed by atoms with Gasteiger partial charge in [-0.3, -0.25) is 14.6 Å². The standard InChI is InChI=1S/C24H21N3O4S/c28-23(13-6-17-3-2-14-25-16-17)26-19-9-11-21(12-10-19)32(30,31)22-5-1-4-18(15-22)24(29)27-20-7-8-20/h1-6,9-16,20H,7-8H2,(H,26,28)(H,27,29)/b13-6+. The molecule has 2 aromatic carbocycles. The van der Waals surface area contributed by atoms with Crippen LogP contribution in [0, 0.1) is 0 Å². The van der Waals surface area contributed by atoms with Crippen LogP contribution in [0.4, 0.5) is 5.69 Å². The first-order valence-electron chi connectivity index (χ1n) is 10.1. The molecule has 1 saturated carbocycles. The van der Waals surface area contributed by atoms with E-state index in [1.165, 1.54) is 42.5 Å². The smallest absolute Gasteiger partial charge is 0.251 e. The average Bonchev–Trinajstić information content (AvgIpc) is 3.63. The second-order valence-corrected chi connectivity index (χ2v) is 9.36. The van der Waals surface area contributed by atoms with Crippen LogP contribution in [-0.4, -0.2) is 31.3 Å². The molecule has 1 aromatic heterocycles. The van der Waals surface area contributed by atoms with Crippen LogP contribution in [0.3, 0.4) is 0 Å². The van der Waals surface area contributed by atoms with Crippen molar-refractivity contribution in [1.82, 2.24) is 10.3 Å². The van der Waals surface area contributed by atoms with Gasteiger partial charge < -0.3 is 10.6 Å². The molecule has 1 aliphatic rings. The Balaban J connectivity index is 1.45. The number of nitrogens with zero attached hydrogens (tertiary/aromatic N) is 1. The fraction of sp³-hybridized carbons (Fsp3) is 0.125. The summed E-state index contributed by atoms with van der Waals surface area (Å²) in [5.41, 5.74) is 1.56. The Hall–Kier alpha value is -3.78. The first-order valence-corrected chi connectivity index (χ1v) is 11.6. The van der Waals surface area contributed by atoms with Gasteiger partial charge in [0.1, 0.15) is 0 Å². The van der Waals surface area contributed by atoms with Crippen LogP contribution in [0.1, 0.15) is 28.8 Å². The number of nitrogens with one attached hydrogen (secondary N) is 2. The third kappa shape index (κ3) is 5.28. The van der Waals surface area contributed by atoms with Gasteiger partial charge in [-0.2, -0.15) is 0 Å². The van der Waals surface area contributed by atoms with E-state index in [4.69, 9.17) is 0 Å². The van der Waals surface area contributed by atoms with E-state index in [1.807, 2.05) is 6.07 Å². The second-order valence-electron chi connectivity index (χ2n) is 7.41. The zero-order chi connectivity index (χ0) is 22.6. The number of benzene rings is 2. The highest BCUT2D eigenvalue weighted by Gasteiger charge is 2.25. The van der Waals surface area contributed by atoms with Crippen molar-refractivity contribution in [3.63, 3.8) is 0 Å². The summed E-state index contributed by atoms with van der Waals surface area (Å²) in [5.74, 6) is -0.624. The lowest BCUT2D eigenvalue weighted by Crippen LogP contribution is -2.25. The minimum atomic E-state index is -3.81. The topological polar surface area (TPSA) is 105 Å². The summed E-state index contributed by atoms with van der Waals surface area (Å²) in [4.78, 5) is 28.4. The lowest BCUT2D eigenvalue weighted by atomic mass is 10.2. The SMILES string of the molecule is O=C(/C=C/c1cccnc1)Nc1ccc(S(=O)(=O)c2cccc(C(=O)NC3CC3)c2)cc1. The predicted molar refractivity (Wildman–Crippen MR) is 121 cm³/mol. The number of hydrogen-bond donors (Lipinski definition) is 2. The summed E-state index contributed by atoms with van der Waals surface area (Å²) in [6, 6.07) is 15.6. The molecule has 7 nitrogen and oxygen atoms in total. The molecular weight excluding hydrogens is 426 g/mol. The van der Waals surface area contributed by atoms with Crippen molar-refractivity contribution in [2.24, 2.45) is 0 Å². The molecule has 32 heavy (non-hydrogen) atoms. The molecule has 2 amide bonds. The number of anilines is 1. The molecule has 2 N–H and O–H groups in total. The van der Waals surface area contributed by atoms with Crippen LogP contribution in [0.2, 0.25) is 0 Å². The highest BCUT2D eigenvalue weighted by Crippen LogP contribution is 2.24. The normalized spacial score (nSPS) is 13.6. The van der Waals surface area contributed by atoms with Crippen molar-refractivity contribution >= 4 is 33.4 Å². The van der Waals surface area contributed by atoms with Gasteiger partial charge in [0.25, 0.3) is 5.91 Å². The van der Waals surface area contributed by atoms with Gasteiger partial charge in [0, 0.05) is 35.8 Å². The number of pyridine rings is 1. The summed E-state index contributed by atoms with van der Waals surface area (Å²) in [6.45, 7) is 0. The van der Waals surface area contributed by atoms with Crippen LogP contribution < -0.4 is 10.6 Å². The fourth-order valence-corrected chi connectivity index (χ4v) is 4.29. The molecule has 0 bridgehead atoms. The van der Waals surface area contributed by atoms with E-state index in [0.29, 0.717) is 11.3 Å². The Morgan fingerprint density at radius 3 is 2.44 bits per heavy atom. The fourth-order valence-electron chi connectivity index (χ4n) is 2.98. The van der Waals surface area contributed by atoms with Crippen molar-refractivity contribution in [2.75, 3.05) is 5.32 Å². The third-order valence-corrected chi connectivity index (χ3v) is 6.63. The van der Waals surface area contributed by atoms with E-state index < -0.39 is 9.84 Å². The molecule has 0 aliphatic heterocycles. The quantitative estimate of drug-likeness (QED) is 0.540. The largest absolute Gasteiger partial charge is 0.349 e. The Kier molecular flexibility index (Phi) is 6.13. The Labute approximate surface area is 186 Å². The van der Waals surface area contributed by atoms with E-state index in [1.54, 1.807) is 36.7 Å². The molecule has 3 aromatic rings. The zero-order valence-corrected chi connectivity index (χ0v) is 17.9. The second kappa shape index (κ2) is 9.15. The van der Waals surface area contributed by atoms with Crippen LogP contribution in [0.15, 0.2) is 88.9 Å². The summed E-state index contributed by atoms with van der Waals surface area (Å²) in [5, 5.41) is 5.54. The maximum atomic E-state index is 13.0. The highest BCUT2D eigenvalue weighted by molar-refractivity contribution is 7.91. The maximum absolute atomic E-state index is 13.0. The Morgan fingerprint density at radius 1 is 0.969 bits per heavy atom. The van der Waals surface area contributed by atoms with Crippen molar-refractivity contribution in [3.05, 3.63) is 90.3 Å². The molecule has 0 atom stereocenters. The van der Waals surface area contributed by atoms with E-state index in [0.717, 1.165) is 18.4 Å². The van der Waals surface area contributed by atoms with Crippen molar-refractivity contribution in [1.29, 1.82) is 0 Å². The van der Waals surface area contributed by atoms with E-state index in [2.05, 4.69) is 15.6 Å². The van der Waals surface area contributed by atoms with Crippen LogP contribution >= 0.6 is 0 Å². The van der Waals surface area contributed by atoms with Gasteiger partial charge in [0.2, 0.25) is 15.7 Å². The Bertz CT molecular complexity index is 1270. The molecular formula is C24H21N3O4S. The lowest BCUT2D eigenvalue weighted by molar-refractivity contribution is -0.111. The molecule has 0 radical (unpaired) electrons. The Morgan fingerprint density at radius 2 is 1.75 bits per heavy atom. The first-order chi connectivity index (χ1) is 15.4. The van der Waals surface area contributed by atoms with Gasteiger partial charge in [-0.05, 0) is 73.0 Å². The molecule has 1 fully saturated rings. The third-order valence-electron chi connectivity index (χ3n) is 4.86.